The number of halogens is 1. The van der Waals surface area contributed by atoms with Crippen LogP contribution in [0.25, 0.3) is 10.9 Å². The minimum Gasteiger partial charge on any atom is -0.478 e. The molecule has 1 aromatic carbocycles. The number of aromatic carboxylic acids is 1. The zero-order valence-electron chi connectivity index (χ0n) is 7.47. The van der Waals surface area contributed by atoms with Crippen LogP contribution >= 0.6 is 11.6 Å². The number of fused-ring (bicyclic) bond motifs is 1. The lowest BCUT2D eigenvalue weighted by molar-refractivity contribution is 0.0697. The fraction of sp³-hybridized carbons (Fsp3) is 0.100. The van der Waals surface area contributed by atoms with E-state index in [4.69, 9.17) is 16.7 Å². The third-order valence-corrected chi connectivity index (χ3v) is 2.61. The first kappa shape index (κ1) is 9.09. The van der Waals surface area contributed by atoms with Gasteiger partial charge < -0.3 is 10.1 Å². The van der Waals surface area contributed by atoms with Gasteiger partial charge in [0.15, 0.2) is 0 Å². The molecule has 72 valence electrons. The normalized spacial score (nSPS) is 10.7. The van der Waals surface area contributed by atoms with Gasteiger partial charge in [-0.2, -0.15) is 0 Å². The maximum Gasteiger partial charge on any atom is 0.337 e. The van der Waals surface area contributed by atoms with Gasteiger partial charge in [-0.1, -0.05) is 11.6 Å². The lowest BCUT2D eigenvalue weighted by atomic mass is 10.1. The minimum absolute atomic E-state index is 0.149. The summed E-state index contributed by atoms with van der Waals surface area (Å²) in [5.74, 6) is -0.999. The average molecular weight is 210 g/mol. The molecule has 0 aliphatic carbocycles. The van der Waals surface area contributed by atoms with Crippen LogP contribution in [0.1, 0.15) is 15.9 Å². The molecule has 2 N–H and O–H groups in total. The van der Waals surface area contributed by atoms with Crippen molar-refractivity contribution in [2.45, 2.75) is 6.92 Å². The second kappa shape index (κ2) is 3.03. The van der Waals surface area contributed by atoms with Crippen molar-refractivity contribution in [3.63, 3.8) is 0 Å². The Morgan fingerprint density at radius 1 is 1.57 bits per heavy atom. The summed E-state index contributed by atoms with van der Waals surface area (Å²) in [7, 11) is 0. The topological polar surface area (TPSA) is 53.1 Å². The van der Waals surface area contributed by atoms with Crippen molar-refractivity contribution >= 4 is 28.5 Å². The van der Waals surface area contributed by atoms with Gasteiger partial charge in [0.1, 0.15) is 0 Å². The van der Waals surface area contributed by atoms with Gasteiger partial charge >= 0.3 is 5.97 Å². The molecular weight excluding hydrogens is 202 g/mol. The third kappa shape index (κ3) is 1.17. The molecule has 1 aromatic heterocycles. The molecule has 1 heterocycles. The van der Waals surface area contributed by atoms with Crippen molar-refractivity contribution in [2.24, 2.45) is 0 Å². The van der Waals surface area contributed by atoms with Gasteiger partial charge in [0, 0.05) is 17.1 Å². The summed E-state index contributed by atoms with van der Waals surface area (Å²) in [5.41, 5.74) is 1.92. The van der Waals surface area contributed by atoms with E-state index in [0.29, 0.717) is 5.02 Å². The molecule has 0 bridgehead atoms. The molecule has 0 atom stereocenters. The predicted octanol–water partition coefficient (Wildman–Crippen LogP) is 2.83. The van der Waals surface area contributed by atoms with E-state index >= 15 is 0 Å². The van der Waals surface area contributed by atoms with Crippen LogP contribution in [0, 0.1) is 6.92 Å². The van der Waals surface area contributed by atoms with Crippen molar-refractivity contribution in [3.05, 3.63) is 34.5 Å². The Hall–Kier alpha value is -1.48. The predicted molar refractivity (Wildman–Crippen MR) is 55.0 cm³/mol. The zero-order chi connectivity index (χ0) is 10.3. The first-order chi connectivity index (χ1) is 6.61. The van der Waals surface area contributed by atoms with Crippen molar-refractivity contribution in [1.29, 1.82) is 0 Å². The number of hydrogen-bond donors (Lipinski definition) is 2. The monoisotopic (exact) mass is 209 g/mol. The number of rotatable bonds is 1. The number of hydrogen-bond acceptors (Lipinski definition) is 1. The summed E-state index contributed by atoms with van der Waals surface area (Å²) in [6.07, 6.45) is 1.75. The van der Waals surface area contributed by atoms with E-state index in [1.54, 1.807) is 18.3 Å². The highest BCUT2D eigenvalue weighted by molar-refractivity contribution is 6.38. The van der Waals surface area contributed by atoms with Gasteiger partial charge in [-0.15, -0.1) is 0 Å². The molecule has 0 radical (unpaired) electrons. The number of aromatic nitrogens is 1. The summed E-state index contributed by atoms with van der Waals surface area (Å²) in [5, 5.41) is 9.94. The van der Waals surface area contributed by atoms with Gasteiger partial charge in [-0.25, -0.2) is 4.79 Å². The number of carboxylic acids is 1. The maximum absolute atomic E-state index is 10.8. The van der Waals surface area contributed by atoms with Crippen molar-refractivity contribution in [1.82, 2.24) is 4.98 Å². The number of nitrogens with one attached hydrogen (secondary N) is 1. The van der Waals surface area contributed by atoms with Gasteiger partial charge in [-0.05, 0) is 24.6 Å². The second-order valence-corrected chi connectivity index (χ2v) is 3.50. The quantitative estimate of drug-likeness (QED) is 0.759. The molecule has 14 heavy (non-hydrogen) atoms. The molecule has 0 aliphatic heterocycles. The molecule has 2 rings (SSSR count). The number of aryl methyl sites for hydroxylation is 1. The van der Waals surface area contributed by atoms with Crippen LogP contribution in [-0.4, -0.2) is 16.1 Å². The molecule has 3 nitrogen and oxygen atoms in total. The maximum atomic E-state index is 10.8. The Balaban J connectivity index is 2.88. The van der Waals surface area contributed by atoms with E-state index in [0.717, 1.165) is 16.5 Å². The van der Waals surface area contributed by atoms with Gasteiger partial charge in [-0.3, -0.25) is 0 Å². The summed E-state index contributed by atoms with van der Waals surface area (Å²) in [6, 6.07) is 3.35. The minimum atomic E-state index is -0.999. The molecule has 2 aromatic rings. The lowest BCUT2D eigenvalue weighted by Crippen LogP contribution is -1.98. The van der Waals surface area contributed by atoms with Crippen molar-refractivity contribution in [2.75, 3.05) is 0 Å². The van der Waals surface area contributed by atoms with Crippen LogP contribution in [0.5, 0.6) is 0 Å². The molecule has 0 saturated carbocycles. The SMILES string of the molecule is Cc1cc(C(=O)O)c(Cl)c2cc[nH]c12. The van der Waals surface area contributed by atoms with E-state index in [-0.39, 0.29) is 5.56 Å². The summed E-state index contributed by atoms with van der Waals surface area (Å²) in [6.45, 7) is 1.85. The fourth-order valence-corrected chi connectivity index (χ4v) is 1.82. The molecule has 0 fully saturated rings. The third-order valence-electron chi connectivity index (χ3n) is 2.21. The molecular formula is C10H8ClNO2. The Morgan fingerprint density at radius 3 is 2.93 bits per heavy atom. The van der Waals surface area contributed by atoms with Crippen LogP contribution in [0.3, 0.4) is 0 Å². The molecule has 0 saturated heterocycles. The first-order valence-corrected chi connectivity index (χ1v) is 4.48. The van der Waals surface area contributed by atoms with Crippen LogP contribution < -0.4 is 0 Å². The Kier molecular flexibility index (Phi) is 1.97. The van der Waals surface area contributed by atoms with Crippen molar-refractivity contribution < 1.29 is 9.90 Å². The highest BCUT2D eigenvalue weighted by atomic mass is 35.5. The van der Waals surface area contributed by atoms with E-state index in [9.17, 15) is 4.79 Å². The zero-order valence-corrected chi connectivity index (χ0v) is 8.22. The Labute approximate surface area is 85.3 Å². The summed E-state index contributed by atoms with van der Waals surface area (Å²) >= 11 is 5.95. The van der Waals surface area contributed by atoms with Gasteiger partial charge in [0.2, 0.25) is 0 Å². The van der Waals surface area contributed by atoms with Gasteiger partial charge in [0.05, 0.1) is 10.6 Å². The highest BCUT2D eigenvalue weighted by Crippen LogP contribution is 2.29. The first-order valence-electron chi connectivity index (χ1n) is 4.10. The van der Waals surface area contributed by atoms with Crippen LogP contribution in [0.15, 0.2) is 18.3 Å². The van der Waals surface area contributed by atoms with E-state index < -0.39 is 5.97 Å². The number of H-pyrrole nitrogens is 1. The Morgan fingerprint density at radius 2 is 2.29 bits per heavy atom. The smallest absolute Gasteiger partial charge is 0.337 e. The number of carbonyl (C=O) groups is 1. The second-order valence-electron chi connectivity index (χ2n) is 3.13. The number of benzene rings is 1. The largest absolute Gasteiger partial charge is 0.478 e. The molecule has 0 unspecified atom stereocenters. The molecule has 0 amide bonds. The summed E-state index contributed by atoms with van der Waals surface area (Å²) in [4.78, 5) is 13.9. The molecule has 0 spiro atoms. The van der Waals surface area contributed by atoms with Crippen LogP contribution in [0.2, 0.25) is 5.02 Å². The van der Waals surface area contributed by atoms with Crippen LogP contribution in [0.4, 0.5) is 0 Å². The van der Waals surface area contributed by atoms with E-state index in [1.807, 2.05) is 6.92 Å². The van der Waals surface area contributed by atoms with Gasteiger partial charge in [0.25, 0.3) is 0 Å². The fourth-order valence-electron chi connectivity index (χ4n) is 1.53. The standard InChI is InChI=1S/C10H8ClNO2/c1-5-4-7(10(13)14)8(11)6-2-3-12-9(5)6/h2-4,12H,1H3,(H,13,14). The number of carboxylic acid groups (broad SMARTS) is 1. The van der Waals surface area contributed by atoms with Crippen molar-refractivity contribution in [3.8, 4) is 0 Å². The Bertz CT molecular complexity index is 516. The van der Waals surface area contributed by atoms with E-state index in [2.05, 4.69) is 4.98 Å². The highest BCUT2D eigenvalue weighted by Gasteiger charge is 2.13. The average Bonchev–Trinajstić information content (AvgIpc) is 2.59. The van der Waals surface area contributed by atoms with E-state index in [1.165, 1.54) is 0 Å². The molecule has 0 aliphatic rings. The van der Waals surface area contributed by atoms with Crippen LogP contribution in [-0.2, 0) is 0 Å². The number of aromatic amines is 1. The lowest BCUT2D eigenvalue weighted by Gasteiger charge is -2.03. The summed E-state index contributed by atoms with van der Waals surface area (Å²) < 4.78 is 0. The molecule has 4 heteroatoms.